The molecule has 1 aliphatic rings. The summed E-state index contributed by atoms with van der Waals surface area (Å²) in [5.41, 5.74) is 2.87. The topological polar surface area (TPSA) is 63.3 Å². The Morgan fingerprint density at radius 2 is 1.46 bits per heavy atom. The molecular formula is C12H6B8ClNO2. The molecule has 2 rings (SSSR count). The van der Waals surface area contributed by atoms with Crippen molar-refractivity contribution in [2.45, 2.75) is 28.5 Å². The van der Waals surface area contributed by atoms with Gasteiger partial charge in [-0.25, -0.2) is 0 Å². The number of hydrogen-bond acceptors (Lipinski definition) is 3. The first-order valence-electron chi connectivity index (χ1n) is 6.80. The van der Waals surface area contributed by atoms with E-state index in [9.17, 15) is 9.90 Å². The number of hydrogen-bond donors (Lipinski definition) is 2. The second-order valence-electron chi connectivity index (χ2n) is 6.15. The van der Waals surface area contributed by atoms with Crippen LogP contribution in [0.25, 0.3) is 0 Å². The molecule has 0 aliphatic heterocycles. The molecule has 3 N–H and O–H groups in total. The number of halogens is 1. The van der Waals surface area contributed by atoms with Crippen molar-refractivity contribution in [3.05, 3.63) is 10.6 Å². The van der Waals surface area contributed by atoms with E-state index in [1.807, 2.05) is 0 Å². The molecule has 24 heavy (non-hydrogen) atoms. The highest BCUT2D eigenvalue weighted by Gasteiger charge is 2.60. The number of Topliss-reactive ketones (excluding diaryl/α,β-unsaturated/α-hetero) is 1. The molecule has 0 spiro atoms. The van der Waals surface area contributed by atoms with Crippen LogP contribution in [0.1, 0.15) is 12.0 Å². The minimum Gasteiger partial charge on any atom is -0.385 e. The smallest absolute Gasteiger partial charge is 0.184 e. The van der Waals surface area contributed by atoms with E-state index in [0.29, 0.717) is 0 Å². The Kier molecular flexibility index (Phi) is 4.84. The van der Waals surface area contributed by atoms with Crippen molar-refractivity contribution in [2.24, 2.45) is 5.73 Å². The van der Waals surface area contributed by atoms with E-state index < -0.39 is 34.3 Å². The maximum atomic E-state index is 12.7. The third-order valence-electron chi connectivity index (χ3n) is 4.64. The molecule has 1 aromatic rings. The van der Waals surface area contributed by atoms with Crippen molar-refractivity contribution in [1.82, 2.24) is 0 Å². The van der Waals surface area contributed by atoms with Crippen LogP contribution in [0.3, 0.4) is 0 Å². The summed E-state index contributed by atoms with van der Waals surface area (Å²) in [4.78, 5) is 12.7. The van der Waals surface area contributed by atoms with Crippen LogP contribution in [0, 0.1) is 0 Å². The Morgan fingerprint density at radius 3 is 1.96 bits per heavy atom. The predicted molar refractivity (Wildman–Crippen MR) is 103 cm³/mol. The van der Waals surface area contributed by atoms with Gasteiger partial charge in [0.1, 0.15) is 37.5 Å². The molecular weight excluding hydrogens is 312 g/mol. The van der Waals surface area contributed by atoms with Gasteiger partial charge < -0.3 is 10.8 Å². The van der Waals surface area contributed by atoms with Crippen molar-refractivity contribution in [2.75, 3.05) is 0 Å². The van der Waals surface area contributed by atoms with Crippen LogP contribution < -0.4 is 27.6 Å². The van der Waals surface area contributed by atoms with E-state index in [1.54, 1.807) is 0 Å². The van der Waals surface area contributed by atoms with Crippen LogP contribution in [-0.4, -0.2) is 79.8 Å². The predicted octanol–water partition coefficient (Wildman–Crippen LogP) is -5.09. The monoisotopic (exact) mass is 319 g/mol. The summed E-state index contributed by atoms with van der Waals surface area (Å²) in [6.45, 7) is 0. The zero-order valence-corrected chi connectivity index (χ0v) is 13.5. The largest absolute Gasteiger partial charge is 0.385 e. The first-order chi connectivity index (χ1) is 10.7. The minimum atomic E-state index is -2.37. The van der Waals surface area contributed by atoms with Gasteiger partial charge in [0.15, 0.2) is 5.78 Å². The lowest BCUT2D eigenvalue weighted by molar-refractivity contribution is -0.137. The van der Waals surface area contributed by atoms with Crippen molar-refractivity contribution in [3.63, 3.8) is 0 Å². The van der Waals surface area contributed by atoms with Crippen LogP contribution in [0.15, 0.2) is 0 Å². The molecule has 1 aliphatic carbocycles. The number of carbonyl (C=O) groups is 1. The molecule has 12 heteroatoms. The highest BCUT2D eigenvalue weighted by atomic mass is 35.5. The zero-order chi connectivity index (χ0) is 18.8. The van der Waals surface area contributed by atoms with Crippen LogP contribution in [-0.2, 0) is 10.3 Å². The van der Waals surface area contributed by atoms with Crippen LogP contribution in [0.5, 0.6) is 0 Å². The highest BCUT2D eigenvalue weighted by Crippen LogP contribution is 2.59. The molecule has 2 atom stereocenters. The maximum absolute atomic E-state index is 12.7. The Bertz CT molecular complexity index is 711. The SMILES string of the molecule is [B]c1c([B])c([B])c(C2(N)C(=O)C(O)CC([B])([B])C2([B])[B])c(Cl)c1[B]. The zero-order valence-electron chi connectivity index (χ0n) is 12.7. The van der Waals surface area contributed by atoms with E-state index in [1.165, 1.54) is 0 Å². The Labute approximate surface area is 156 Å². The van der Waals surface area contributed by atoms with Crippen LogP contribution in [0.2, 0.25) is 15.5 Å². The normalized spacial score (nSPS) is 28.6. The van der Waals surface area contributed by atoms with E-state index in [4.69, 9.17) is 80.1 Å². The molecule has 1 saturated carbocycles. The molecule has 0 bridgehead atoms. The fourth-order valence-electron chi connectivity index (χ4n) is 2.93. The number of carbonyl (C=O) groups excluding carboxylic acids is 1. The van der Waals surface area contributed by atoms with Crippen LogP contribution in [0.4, 0.5) is 0 Å². The summed E-state index contributed by atoms with van der Waals surface area (Å²) < 4.78 is 0. The lowest BCUT2D eigenvalue weighted by Crippen LogP contribution is -2.69. The summed E-state index contributed by atoms with van der Waals surface area (Å²) in [5, 5.41) is 5.59. The minimum absolute atomic E-state index is 0.0972. The van der Waals surface area contributed by atoms with Gasteiger partial charge in [-0.3, -0.25) is 4.79 Å². The summed E-state index contributed by atoms with van der Waals surface area (Å²) in [6, 6.07) is 0. The molecule has 0 aromatic heterocycles. The maximum Gasteiger partial charge on any atom is 0.184 e. The third kappa shape index (κ3) is 2.34. The fraction of sp³-hybridized carbons (Fsp3) is 0.417. The average molecular weight is 318 g/mol. The summed E-state index contributed by atoms with van der Waals surface area (Å²) >= 11 is 6.19. The molecule has 0 heterocycles. The Balaban J connectivity index is 2.94. The van der Waals surface area contributed by atoms with E-state index in [-0.39, 0.29) is 32.4 Å². The van der Waals surface area contributed by atoms with Crippen LogP contribution >= 0.6 is 11.6 Å². The number of aliphatic hydroxyl groups excluding tert-OH is 1. The molecule has 3 nitrogen and oxygen atoms in total. The molecule has 2 unspecified atom stereocenters. The van der Waals surface area contributed by atoms with E-state index in [0.717, 1.165) is 0 Å². The number of nitrogens with two attached hydrogens (primary N) is 1. The number of rotatable bonds is 1. The molecule has 1 aromatic carbocycles. The molecule has 0 amide bonds. The van der Waals surface area contributed by atoms with Crippen molar-refractivity contribution < 1.29 is 9.90 Å². The van der Waals surface area contributed by atoms with Gasteiger partial charge in [0.2, 0.25) is 0 Å². The first kappa shape index (κ1) is 19.9. The van der Waals surface area contributed by atoms with Crippen molar-refractivity contribution in [1.29, 1.82) is 0 Å². The highest BCUT2D eigenvalue weighted by molar-refractivity contribution is 6.66. The first-order valence-corrected chi connectivity index (χ1v) is 7.18. The van der Waals surface area contributed by atoms with Gasteiger partial charge in [0, 0.05) is 5.02 Å². The summed E-state index contributed by atoms with van der Waals surface area (Å²) in [7, 11) is 47.1. The molecule has 1 fully saturated rings. The second-order valence-corrected chi connectivity index (χ2v) is 6.52. The third-order valence-corrected chi connectivity index (χ3v) is 5.03. The number of aliphatic hydroxyl groups is 1. The fourth-order valence-corrected chi connectivity index (χ4v) is 3.28. The number of benzene rings is 1. The Hall–Kier alpha value is -0.381. The van der Waals surface area contributed by atoms with Gasteiger partial charge in [-0.15, -0.1) is 16.1 Å². The Morgan fingerprint density at radius 1 is 1.00 bits per heavy atom. The van der Waals surface area contributed by atoms with Crippen molar-refractivity contribution in [3.8, 4) is 0 Å². The summed E-state index contributed by atoms with van der Waals surface area (Å²) in [6.07, 6.45) is -2.07. The molecule has 102 valence electrons. The average Bonchev–Trinajstić information content (AvgIpc) is 2.48. The quantitative estimate of drug-likeness (QED) is 0.510. The lowest BCUT2D eigenvalue weighted by atomic mass is 9.21. The second kappa shape index (κ2) is 5.82. The van der Waals surface area contributed by atoms with Gasteiger partial charge in [-0.1, -0.05) is 27.7 Å². The van der Waals surface area contributed by atoms with Gasteiger partial charge in [0.25, 0.3) is 0 Å². The van der Waals surface area contributed by atoms with E-state index in [2.05, 4.69) is 0 Å². The standard InChI is InChI=1S/C12H6B8ClNO2/c13-4-3(8(21)7(16)6(15)5(4)14)11(22)9(24)2(23)1-10(17,18)12(11,19)20/h2,23H,1,22H2. The van der Waals surface area contributed by atoms with Crippen molar-refractivity contribution >= 4 is 102 Å². The summed E-state index contributed by atoms with van der Waals surface area (Å²) in [5.74, 6) is -0.976. The van der Waals surface area contributed by atoms with Gasteiger partial charge >= 0.3 is 0 Å². The molecule has 0 saturated heterocycles. The molecule has 16 radical (unpaired) electrons. The van der Waals surface area contributed by atoms with E-state index >= 15 is 0 Å². The number of ketones is 1. The van der Waals surface area contributed by atoms with Gasteiger partial charge in [-0.05, 0) is 12.0 Å². The van der Waals surface area contributed by atoms with Gasteiger partial charge in [-0.2, -0.15) is 0 Å². The van der Waals surface area contributed by atoms with Gasteiger partial charge in [0.05, 0.1) is 36.9 Å². The lowest BCUT2D eigenvalue weighted by Gasteiger charge is -2.60.